The molecule has 28 heavy (non-hydrogen) atoms. The normalized spacial score (nSPS) is 13.4. The van der Waals surface area contributed by atoms with Gasteiger partial charge in [0.05, 0.1) is 11.8 Å². The molecule has 0 aliphatic rings. The zero-order chi connectivity index (χ0) is 22.1. The summed E-state index contributed by atoms with van der Waals surface area (Å²) in [6.45, 7) is 14.9. The predicted octanol–water partition coefficient (Wildman–Crippen LogP) is 5.54. The molecule has 0 radical (unpaired) electrons. The zero-order valence-electron chi connectivity index (χ0n) is 18.1. The quantitative estimate of drug-likeness (QED) is 0.289. The Morgan fingerprint density at radius 3 is 1.89 bits per heavy atom. The van der Waals surface area contributed by atoms with Gasteiger partial charge < -0.3 is 9.47 Å². The fraction of sp³-hybridized carbons (Fsp3) is 0.667. The SMILES string of the molecule is C[C@@H](CI)C(=O)OC(C)(C)C.C[C@@H](Cc1csc(C#N)c1)C(=O)OC(C)(C)C. The van der Waals surface area contributed by atoms with E-state index in [2.05, 4.69) is 28.7 Å². The molecule has 0 N–H and O–H groups in total. The van der Waals surface area contributed by atoms with E-state index in [9.17, 15) is 9.59 Å². The number of ether oxygens (including phenoxy) is 2. The average Bonchev–Trinajstić information content (AvgIpc) is 2.99. The van der Waals surface area contributed by atoms with E-state index in [1.54, 1.807) is 0 Å². The van der Waals surface area contributed by atoms with Crippen LogP contribution in [0.5, 0.6) is 0 Å². The Labute approximate surface area is 186 Å². The first-order chi connectivity index (χ1) is 12.7. The molecule has 1 aromatic heterocycles. The van der Waals surface area contributed by atoms with Crippen molar-refractivity contribution < 1.29 is 19.1 Å². The molecule has 0 aliphatic carbocycles. The highest BCUT2D eigenvalue weighted by molar-refractivity contribution is 14.1. The highest BCUT2D eigenvalue weighted by Crippen LogP contribution is 2.19. The minimum atomic E-state index is -0.447. The molecule has 0 saturated heterocycles. The summed E-state index contributed by atoms with van der Waals surface area (Å²) in [5.41, 5.74) is 0.222. The summed E-state index contributed by atoms with van der Waals surface area (Å²) in [6.07, 6.45) is 0.618. The average molecular weight is 521 g/mol. The van der Waals surface area contributed by atoms with Crippen LogP contribution in [0.3, 0.4) is 0 Å². The van der Waals surface area contributed by atoms with Crippen LogP contribution in [0.1, 0.15) is 65.8 Å². The van der Waals surface area contributed by atoms with Crippen molar-refractivity contribution in [1.82, 2.24) is 0 Å². The summed E-state index contributed by atoms with van der Waals surface area (Å²) in [7, 11) is 0. The van der Waals surface area contributed by atoms with Crippen molar-refractivity contribution in [2.45, 2.75) is 73.0 Å². The van der Waals surface area contributed by atoms with Gasteiger partial charge in [-0.1, -0.05) is 36.4 Å². The van der Waals surface area contributed by atoms with E-state index in [0.29, 0.717) is 11.3 Å². The molecule has 0 amide bonds. The monoisotopic (exact) mass is 521 g/mol. The van der Waals surface area contributed by atoms with E-state index in [0.717, 1.165) is 9.99 Å². The second-order valence-corrected chi connectivity index (χ2v) is 10.5. The fourth-order valence-electron chi connectivity index (χ4n) is 1.85. The highest BCUT2D eigenvalue weighted by atomic mass is 127. The molecule has 0 aromatic carbocycles. The van der Waals surface area contributed by atoms with Crippen molar-refractivity contribution in [2.24, 2.45) is 11.8 Å². The minimum absolute atomic E-state index is 0.00910. The molecule has 0 fully saturated rings. The van der Waals surface area contributed by atoms with Gasteiger partial charge in [0.2, 0.25) is 0 Å². The predicted molar refractivity (Wildman–Crippen MR) is 122 cm³/mol. The summed E-state index contributed by atoms with van der Waals surface area (Å²) in [4.78, 5) is 23.6. The maximum atomic E-state index is 11.8. The molecule has 7 heteroatoms. The van der Waals surface area contributed by atoms with Gasteiger partial charge in [0.1, 0.15) is 22.1 Å². The number of carbonyl (C=O) groups is 2. The van der Waals surface area contributed by atoms with Crippen LogP contribution in [0.25, 0.3) is 0 Å². The van der Waals surface area contributed by atoms with Crippen molar-refractivity contribution in [2.75, 3.05) is 4.43 Å². The van der Waals surface area contributed by atoms with Crippen LogP contribution in [0.2, 0.25) is 0 Å². The first-order valence-corrected chi connectivity index (χ1v) is 11.6. The van der Waals surface area contributed by atoms with E-state index in [4.69, 9.17) is 14.7 Å². The van der Waals surface area contributed by atoms with Crippen LogP contribution in [0, 0.1) is 23.2 Å². The van der Waals surface area contributed by atoms with Crippen molar-refractivity contribution in [3.63, 3.8) is 0 Å². The molecule has 0 unspecified atom stereocenters. The van der Waals surface area contributed by atoms with E-state index < -0.39 is 5.60 Å². The molecule has 0 saturated carbocycles. The van der Waals surface area contributed by atoms with E-state index >= 15 is 0 Å². The van der Waals surface area contributed by atoms with E-state index in [-0.39, 0.29) is 29.4 Å². The Morgan fingerprint density at radius 2 is 1.54 bits per heavy atom. The summed E-state index contributed by atoms with van der Waals surface area (Å²) in [5.74, 6) is -0.473. The Morgan fingerprint density at radius 1 is 1.07 bits per heavy atom. The number of esters is 2. The van der Waals surface area contributed by atoms with Crippen LogP contribution in [0.15, 0.2) is 11.4 Å². The Bertz CT molecular complexity index is 680. The lowest BCUT2D eigenvalue weighted by Crippen LogP contribution is -2.28. The summed E-state index contributed by atoms with van der Waals surface area (Å²) < 4.78 is 11.3. The Kier molecular flexibility index (Phi) is 11.3. The second kappa shape index (κ2) is 11.8. The van der Waals surface area contributed by atoms with Crippen LogP contribution < -0.4 is 0 Å². The molecular formula is C21H32INO4S. The number of carbonyl (C=O) groups excluding carboxylic acids is 2. The zero-order valence-corrected chi connectivity index (χ0v) is 21.1. The van der Waals surface area contributed by atoms with Crippen molar-refractivity contribution >= 4 is 45.9 Å². The van der Waals surface area contributed by atoms with Gasteiger partial charge in [-0.25, -0.2) is 0 Å². The lowest BCUT2D eigenvalue weighted by Gasteiger charge is -2.22. The van der Waals surface area contributed by atoms with Gasteiger partial charge in [-0.05, 0) is 65.0 Å². The van der Waals surface area contributed by atoms with Crippen LogP contribution >= 0.6 is 33.9 Å². The molecule has 0 bridgehead atoms. The van der Waals surface area contributed by atoms with Gasteiger partial charge in [0.25, 0.3) is 0 Å². The lowest BCUT2D eigenvalue weighted by atomic mass is 10.0. The minimum Gasteiger partial charge on any atom is -0.460 e. The third-order valence-corrected chi connectivity index (χ3v) is 5.36. The molecule has 1 aromatic rings. The van der Waals surface area contributed by atoms with Gasteiger partial charge >= 0.3 is 11.9 Å². The van der Waals surface area contributed by atoms with Crippen molar-refractivity contribution in [3.05, 3.63) is 21.9 Å². The molecule has 0 aliphatic heterocycles. The number of alkyl halides is 1. The number of halogens is 1. The molecular weight excluding hydrogens is 489 g/mol. The van der Waals surface area contributed by atoms with Gasteiger partial charge in [0.15, 0.2) is 0 Å². The number of nitrogens with zero attached hydrogens (tertiary/aromatic N) is 1. The molecule has 1 rings (SSSR count). The first-order valence-electron chi connectivity index (χ1n) is 9.17. The standard InChI is InChI=1S/C13H17NO2S.C8H15IO2/c1-9(12(15)16-13(2,3)4)5-10-6-11(7-14)17-8-10;1-6(5-9)7(10)11-8(2,3)4/h6,8-9H,5H2,1-4H3;6H,5H2,1-4H3/t9-;6-/m00/s1. The fourth-order valence-corrected chi connectivity index (χ4v) is 2.92. The van der Waals surface area contributed by atoms with Gasteiger partial charge in [-0.15, -0.1) is 11.3 Å². The largest absolute Gasteiger partial charge is 0.460 e. The van der Waals surface area contributed by atoms with Crippen molar-refractivity contribution in [1.29, 1.82) is 5.26 Å². The number of hydrogen-bond donors (Lipinski definition) is 0. The number of thiophene rings is 1. The van der Waals surface area contributed by atoms with Crippen LogP contribution in [-0.4, -0.2) is 27.6 Å². The van der Waals surface area contributed by atoms with E-state index in [1.165, 1.54) is 11.3 Å². The highest BCUT2D eigenvalue weighted by Gasteiger charge is 2.22. The Balaban J connectivity index is 0.000000576. The topological polar surface area (TPSA) is 76.4 Å². The van der Waals surface area contributed by atoms with Gasteiger partial charge in [-0.2, -0.15) is 5.26 Å². The Hall–Kier alpha value is -1.14. The third kappa shape index (κ3) is 12.3. The maximum absolute atomic E-state index is 11.8. The third-order valence-electron chi connectivity index (χ3n) is 3.16. The molecule has 5 nitrogen and oxygen atoms in total. The maximum Gasteiger partial charge on any atom is 0.309 e. The smallest absolute Gasteiger partial charge is 0.309 e. The first kappa shape index (κ1) is 26.9. The molecule has 2 atom stereocenters. The molecule has 158 valence electrons. The van der Waals surface area contributed by atoms with Crippen molar-refractivity contribution in [3.8, 4) is 6.07 Å². The molecule has 0 spiro atoms. The number of hydrogen-bond acceptors (Lipinski definition) is 6. The summed E-state index contributed by atoms with van der Waals surface area (Å²) in [5, 5.41) is 10.6. The van der Waals surface area contributed by atoms with Gasteiger partial charge in [0, 0.05) is 4.43 Å². The second-order valence-electron chi connectivity index (χ2n) is 8.66. The lowest BCUT2D eigenvalue weighted by molar-refractivity contribution is -0.160. The van der Waals surface area contributed by atoms with Crippen LogP contribution in [-0.2, 0) is 25.5 Å². The van der Waals surface area contributed by atoms with E-state index in [1.807, 2.05) is 66.8 Å². The van der Waals surface area contributed by atoms with Gasteiger partial charge in [-0.3, -0.25) is 9.59 Å². The summed E-state index contributed by atoms with van der Waals surface area (Å²) >= 11 is 3.58. The summed E-state index contributed by atoms with van der Waals surface area (Å²) in [6, 6.07) is 3.92. The van der Waals surface area contributed by atoms with Crippen LogP contribution in [0.4, 0.5) is 0 Å². The number of nitriles is 1. The number of rotatable bonds is 5. The molecule has 1 heterocycles.